The number of ether oxygens (including phenoxy) is 1. The third kappa shape index (κ3) is 2.99. The Balaban J connectivity index is 2.56. The van der Waals surface area contributed by atoms with E-state index in [0.29, 0.717) is 22.4 Å². The molecule has 0 aliphatic carbocycles. The van der Waals surface area contributed by atoms with Crippen LogP contribution >= 0.6 is 0 Å². The maximum Gasteiger partial charge on any atom is 0.337 e. The Kier molecular flexibility index (Phi) is 4.63. The van der Waals surface area contributed by atoms with Crippen molar-refractivity contribution in [3.63, 3.8) is 0 Å². The van der Waals surface area contributed by atoms with Crippen molar-refractivity contribution in [3.05, 3.63) is 57.0 Å². The van der Waals surface area contributed by atoms with Crippen molar-refractivity contribution in [2.24, 2.45) is 5.92 Å². The molecule has 23 heavy (non-hydrogen) atoms. The van der Waals surface area contributed by atoms with Crippen LogP contribution in [0.3, 0.4) is 0 Å². The first-order valence-electron chi connectivity index (χ1n) is 6.78. The second-order valence-corrected chi connectivity index (χ2v) is 4.94. The summed E-state index contributed by atoms with van der Waals surface area (Å²) in [5.41, 5.74) is 1.47. The van der Waals surface area contributed by atoms with Crippen LogP contribution in [-0.4, -0.2) is 23.3 Å². The predicted molar refractivity (Wildman–Crippen MR) is 80.5 cm³/mol. The number of nitrogens with zero attached hydrogens (tertiary/aromatic N) is 2. The minimum Gasteiger partial charge on any atom is -0.465 e. The highest BCUT2D eigenvalue weighted by molar-refractivity contribution is 5.89. The first-order valence-corrected chi connectivity index (χ1v) is 6.78. The molecule has 0 aliphatic heterocycles. The molecule has 1 unspecified atom stereocenters. The van der Waals surface area contributed by atoms with Crippen LogP contribution in [0.5, 0.6) is 0 Å². The van der Waals surface area contributed by atoms with Crippen LogP contribution in [0.2, 0.25) is 0 Å². The van der Waals surface area contributed by atoms with Crippen molar-refractivity contribution in [2.45, 2.75) is 12.8 Å². The molecule has 0 spiro atoms. The zero-order chi connectivity index (χ0) is 17.0. The number of hydrogen-bond acceptors (Lipinski definition) is 5. The number of methoxy groups -OCH3 is 1. The molecule has 0 fully saturated rings. The fraction of sp³-hybridized carbons (Fsp3) is 0.250. The van der Waals surface area contributed by atoms with E-state index in [4.69, 9.17) is 0 Å². The Labute approximate surface area is 132 Å². The number of hydrogen-bond donors (Lipinski definition) is 2. The molecular weight excluding hydrogens is 296 g/mol. The van der Waals surface area contributed by atoms with Crippen LogP contribution in [0, 0.1) is 35.5 Å². The maximum absolute atomic E-state index is 12.0. The summed E-state index contributed by atoms with van der Waals surface area (Å²) in [6.45, 7) is 1.69. The average Bonchev–Trinajstić information content (AvgIpc) is 2.91. The monoisotopic (exact) mass is 310 g/mol. The normalized spacial score (nSPS) is 11.5. The molecule has 2 aromatic rings. The molecule has 0 radical (unpaired) electrons. The maximum atomic E-state index is 12.0. The lowest BCUT2D eigenvalue weighted by Gasteiger charge is -2.17. The van der Waals surface area contributed by atoms with Gasteiger partial charge in [-0.05, 0) is 24.6 Å². The molecule has 116 valence electrons. The quantitative estimate of drug-likeness (QED) is 0.830. The number of aryl methyl sites for hydroxylation is 1. The summed E-state index contributed by atoms with van der Waals surface area (Å²) < 4.78 is 4.63. The molecule has 0 amide bonds. The van der Waals surface area contributed by atoms with Gasteiger partial charge in [0, 0.05) is 17.2 Å². The summed E-state index contributed by atoms with van der Waals surface area (Å²) in [5, 5.41) is 23.7. The molecule has 0 saturated carbocycles. The van der Waals surface area contributed by atoms with Gasteiger partial charge in [0.2, 0.25) is 0 Å². The fourth-order valence-corrected chi connectivity index (χ4v) is 2.48. The molecule has 0 saturated heterocycles. The van der Waals surface area contributed by atoms with Crippen LogP contribution in [0.1, 0.15) is 33.1 Å². The first kappa shape index (κ1) is 16.1. The van der Waals surface area contributed by atoms with Crippen molar-refractivity contribution in [1.29, 1.82) is 10.5 Å². The van der Waals surface area contributed by atoms with E-state index in [1.807, 2.05) is 12.1 Å². The van der Waals surface area contributed by atoms with Crippen LogP contribution in [0.4, 0.5) is 0 Å². The number of benzene rings is 1. The van der Waals surface area contributed by atoms with Gasteiger partial charge in [0.1, 0.15) is 5.92 Å². The van der Waals surface area contributed by atoms with E-state index in [1.54, 1.807) is 19.1 Å². The molecule has 7 heteroatoms. The lowest BCUT2D eigenvalue weighted by molar-refractivity contribution is 0.0600. The standard InChI is InChI=1S/C16H14N4O3/c1-9-13(15(21)20-19-9)14(12(7-17)8-18)10-3-5-11(6-4-10)16(22)23-2/h3-6,12,14H,1-2H3,(H2,19,20,21). The molecule has 7 nitrogen and oxygen atoms in total. The van der Waals surface area contributed by atoms with Crippen molar-refractivity contribution in [3.8, 4) is 12.1 Å². The summed E-state index contributed by atoms with van der Waals surface area (Å²) in [7, 11) is 1.28. The number of H-pyrrole nitrogens is 2. The summed E-state index contributed by atoms with van der Waals surface area (Å²) in [4.78, 5) is 23.5. The number of esters is 1. The Hall–Kier alpha value is -3.32. The second kappa shape index (κ2) is 6.63. The Morgan fingerprint density at radius 3 is 2.22 bits per heavy atom. The Bertz CT molecular complexity index is 835. The largest absolute Gasteiger partial charge is 0.465 e. The lowest BCUT2D eigenvalue weighted by atomic mass is 9.82. The molecule has 2 N–H and O–H groups in total. The molecule has 1 aromatic carbocycles. The minimum atomic E-state index is -1.03. The Morgan fingerprint density at radius 1 is 1.17 bits per heavy atom. The number of nitrogens with one attached hydrogen (secondary N) is 2. The predicted octanol–water partition coefficient (Wildman–Crippen LogP) is 1.59. The van der Waals surface area contributed by atoms with Gasteiger partial charge >= 0.3 is 5.97 Å². The zero-order valence-electron chi connectivity index (χ0n) is 12.6. The van der Waals surface area contributed by atoms with Gasteiger partial charge < -0.3 is 9.84 Å². The van der Waals surface area contributed by atoms with Gasteiger partial charge in [0.05, 0.1) is 24.8 Å². The Morgan fingerprint density at radius 2 is 1.78 bits per heavy atom. The minimum absolute atomic E-state index is 0.337. The van der Waals surface area contributed by atoms with E-state index >= 15 is 0 Å². The van der Waals surface area contributed by atoms with Gasteiger partial charge in [0.15, 0.2) is 0 Å². The number of carbonyl (C=O) groups excluding carboxylic acids is 1. The van der Waals surface area contributed by atoms with Gasteiger partial charge in [-0.15, -0.1) is 0 Å². The number of aromatic amines is 2. The number of carbonyl (C=O) groups is 1. The molecule has 1 atom stereocenters. The highest BCUT2D eigenvalue weighted by Gasteiger charge is 2.29. The van der Waals surface area contributed by atoms with E-state index < -0.39 is 17.8 Å². The van der Waals surface area contributed by atoms with Crippen LogP contribution < -0.4 is 5.56 Å². The van der Waals surface area contributed by atoms with Crippen molar-refractivity contribution >= 4 is 5.97 Å². The molecule has 0 aliphatic rings. The van der Waals surface area contributed by atoms with E-state index in [1.165, 1.54) is 19.2 Å². The third-order valence-electron chi connectivity index (χ3n) is 3.63. The van der Waals surface area contributed by atoms with E-state index in [9.17, 15) is 20.1 Å². The van der Waals surface area contributed by atoms with Crippen LogP contribution in [-0.2, 0) is 4.74 Å². The molecule has 1 aromatic heterocycles. The number of rotatable bonds is 4. The van der Waals surface area contributed by atoms with Crippen LogP contribution in [0.15, 0.2) is 29.1 Å². The topological polar surface area (TPSA) is 123 Å². The van der Waals surface area contributed by atoms with Gasteiger partial charge in [-0.25, -0.2) is 4.79 Å². The summed E-state index contributed by atoms with van der Waals surface area (Å²) >= 11 is 0. The summed E-state index contributed by atoms with van der Waals surface area (Å²) in [6.07, 6.45) is 0. The fourth-order valence-electron chi connectivity index (χ4n) is 2.48. The van der Waals surface area contributed by atoms with Gasteiger partial charge in [-0.2, -0.15) is 10.5 Å². The van der Waals surface area contributed by atoms with Crippen molar-refractivity contribution < 1.29 is 9.53 Å². The SMILES string of the molecule is COC(=O)c1ccc(C(c2c(C)[nH][nH]c2=O)C(C#N)C#N)cc1. The smallest absolute Gasteiger partial charge is 0.337 e. The van der Waals surface area contributed by atoms with Crippen molar-refractivity contribution in [1.82, 2.24) is 10.2 Å². The van der Waals surface area contributed by atoms with Gasteiger partial charge in [-0.3, -0.25) is 9.89 Å². The van der Waals surface area contributed by atoms with Crippen molar-refractivity contribution in [2.75, 3.05) is 7.11 Å². The first-order chi connectivity index (χ1) is 11.0. The van der Waals surface area contributed by atoms with E-state index in [2.05, 4.69) is 14.9 Å². The number of nitriles is 2. The third-order valence-corrected chi connectivity index (χ3v) is 3.63. The highest BCUT2D eigenvalue weighted by Crippen LogP contribution is 2.31. The summed E-state index contributed by atoms with van der Waals surface area (Å²) in [6, 6.07) is 10.2. The average molecular weight is 310 g/mol. The summed E-state index contributed by atoms with van der Waals surface area (Å²) in [5.74, 6) is -2.23. The van der Waals surface area contributed by atoms with Gasteiger partial charge in [-0.1, -0.05) is 12.1 Å². The molecule has 2 rings (SSSR count). The molecule has 1 heterocycles. The van der Waals surface area contributed by atoms with Gasteiger partial charge in [0.25, 0.3) is 5.56 Å². The molecular formula is C16H14N4O3. The van der Waals surface area contributed by atoms with E-state index in [0.717, 1.165) is 0 Å². The number of aromatic nitrogens is 2. The highest BCUT2D eigenvalue weighted by atomic mass is 16.5. The van der Waals surface area contributed by atoms with Crippen LogP contribution in [0.25, 0.3) is 0 Å². The second-order valence-electron chi connectivity index (χ2n) is 4.94. The van der Waals surface area contributed by atoms with E-state index in [-0.39, 0.29) is 5.56 Å². The molecule has 0 bridgehead atoms. The lowest BCUT2D eigenvalue weighted by Crippen LogP contribution is -2.19. The zero-order valence-corrected chi connectivity index (χ0v) is 12.6.